The first kappa shape index (κ1) is 24.1. The van der Waals surface area contributed by atoms with Gasteiger partial charge >= 0.3 is 6.36 Å². The van der Waals surface area contributed by atoms with Gasteiger partial charge in [-0.05, 0) is 77.4 Å². The Morgan fingerprint density at radius 1 is 1.00 bits per heavy atom. The van der Waals surface area contributed by atoms with E-state index in [4.69, 9.17) is 4.74 Å². The third-order valence-electron chi connectivity index (χ3n) is 6.31. The van der Waals surface area contributed by atoms with Crippen molar-refractivity contribution in [3.05, 3.63) is 52.7 Å². The second kappa shape index (κ2) is 10.1. The van der Waals surface area contributed by atoms with Gasteiger partial charge in [0, 0.05) is 32.3 Å². The molecule has 1 aromatic carbocycles. The maximum atomic E-state index is 12.6. The molecule has 10 heteroatoms. The molecule has 0 unspecified atom stereocenters. The van der Waals surface area contributed by atoms with Gasteiger partial charge in [-0.15, -0.1) is 13.2 Å². The van der Waals surface area contributed by atoms with E-state index in [0.717, 1.165) is 37.0 Å². The Morgan fingerprint density at radius 3 is 2.26 bits per heavy atom. The predicted molar refractivity (Wildman–Crippen MR) is 121 cm³/mol. The highest BCUT2D eigenvalue weighted by Gasteiger charge is 2.42. The molecule has 2 saturated heterocycles. The van der Waals surface area contributed by atoms with E-state index in [0.29, 0.717) is 31.9 Å². The molecule has 0 bridgehead atoms. The molecule has 0 atom stereocenters. The van der Waals surface area contributed by atoms with Crippen molar-refractivity contribution < 1.29 is 32.2 Å². The predicted octanol–water partition coefficient (Wildman–Crippen LogP) is 4.58. The monoisotopic (exact) mass is 494 g/mol. The number of alkyl halides is 3. The third kappa shape index (κ3) is 6.31. The van der Waals surface area contributed by atoms with Gasteiger partial charge in [-0.1, -0.05) is 0 Å². The number of carbonyl (C=O) groups is 2. The summed E-state index contributed by atoms with van der Waals surface area (Å²) in [4.78, 5) is 28.7. The van der Waals surface area contributed by atoms with Gasteiger partial charge in [0.15, 0.2) is 6.61 Å². The molecule has 182 valence electrons. The molecule has 2 aliphatic rings. The normalized spacial score (nSPS) is 18.0. The van der Waals surface area contributed by atoms with Crippen molar-refractivity contribution >= 4 is 29.2 Å². The van der Waals surface area contributed by atoms with E-state index in [-0.39, 0.29) is 29.6 Å². The van der Waals surface area contributed by atoms with Crippen LogP contribution in [0.2, 0.25) is 0 Å². The SMILES string of the molecule is O=C(/C=C/c1ccsc1)N1CCC2(CC1)CCN(C(=O)COc1ccc(OC(F)(F)F)cc1)C2. The number of nitrogens with zero attached hydrogens (tertiary/aromatic N) is 2. The van der Waals surface area contributed by atoms with E-state index < -0.39 is 6.36 Å². The number of ether oxygens (including phenoxy) is 2. The molecular formula is C24H25F3N2O4S. The first-order valence-electron chi connectivity index (χ1n) is 11.0. The Morgan fingerprint density at radius 2 is 1.65 bits per heavy atom. The van der Waals surface area contributed by atoms with Crippen LogP contribution >= 0.6 is 11.3 Å². The van der Waals surface area contributed by atoms with Crippen LogP contribution in [0.1, 0.15) is 24.8 Å². The minimum absolute atomic E-state index is 0.00651. The standard InChI is InChI=1S/C24H25F3N2O4S/c25-24(26,27)33-20-4-2-19(3-5-20)32-15-22(31)29-13-10-23(17-29)8-11-28(12-9-23)21(30)6-1-18-7-14-34-16-18/h1-7,14,16H,8-13,15,17H2/b6-1+. The molecule has 2 amide bonds. The van der Waals surface area contributed by atoms with Gasteiger partial charge < -0.3 is 19.3 Å². The van der Waals surface area contributed by atoms with E-state index in [1.807, 2.05) is 27.8 Å². The fourth-order valence-electron chi connectivity index (χ4n) is 4.37. The number of amides is 2. The lowest BCUT2D eigenvalue weighted by Gasteiger charge is -2.38. The topological polar surface area (TPSA) is 59.1 Å². The molecule has 1 spiro atoms. The Kier molecular flexibility index (Phi) is 7.16. The molecule has 34 heavy (non-hydrogen) atoms. The van der Waals surface area contributed by atoms with Crippen LogP contribution in [0.5, 0.6) is 11.5 Å². The van der Waals surface area contributed by atoms with Crippen molar-refractivity contribution in [2.75, 3.05) is 32.8 Å². The first-order valence-corrected chi connectivity index (χ1v) is 11.9. The lowest BCUT2D eigenvalue weighted by atomic mass is 9.78. The summed E-state index contributed by atoms with van der Waals surface area (Å²) in [5.41, 5.74) is 1.03. The number of piperidine rings is 1. The van der Waals surface area contributed by atoms with Crippen LogP contribution < -0.4 is 9.47 Å². The maximum Gasteiger partial charge on any atom is 0.573 e. The molecule has 0 saturated carbocycles. The number of hydrogen-bond donors (Lipinski definition) is 0. The van der Waals surface area contributed by atoms with Gasteiger partial charge in [0.1, 0.15) is 11.5 Å². The number of thiophene rings is 1. The first-order chi connectivity index (χ1) is 16.2. The summed E-state index contributed by atoms with van der Waals surface area (Å²) in [5, 5.41) is 3.95. The van der Waals surface area contributed by atoms with Crippen LogP contribution in [0.3, 0.4) is 0 Å². The molecule has 0 radical (unpaired) electrons. The molecule has 4 rings (SSSR count). The van der Waals surface area contributed by atoms with Crippen molar-refractivity contribution in [1.82, 2.24) is 9.80 Å². The average Bonchev–Trinajstić information content (AvgIpc) is 3.47. The Bertz CT molecular complexity index is 1010. The summed E-state index contributed by atoms with van der Waals surface area (Å²) in [6.45, 7) is 2.40. The summed E-state index contributed by atoms with van der Waals surface area (Å²) >= 11 is 1.59. The molecule has 6 nitrogen and oxygen atoms in total. The van der Waals surface area contributed by atoms with Crippen molar-refractivity contribution in [2.45, 2.75) is 25.6 Å². The second-order valence-electron chi connectivity index (χ2n) is 8.59. The van der Waals surface area contributed by atoms with Crippen molar-refractivity contribution in [2.24, 2.45) is 5.41 Å². The quantitative estimate of drug-likeness (QED) is 0.552. The molecule has 2 aliphatic heterocycles. The van der Waals surface area contributed by atoms with Gasteiger partial charge in [-0.3, -0.25) is 9.59 Å². The Hall–Kier alpha value is -3.01. The minimum Gasteiger partial charge on any atom is -0.484 e. The van der Waals surface area contributed by atoms with Gasteiger partial charge in [0.2, 0.25) is 5.91 Å². The van der Waals surface area contributed by atoms with Crippen molar-refractivity contribution in [3.63, 3.8) is 0 Å². The number of hydrogen-bond acceptors (Lipinski definition) is 5. The highest BCUT2D eigenvalue weighted by molar-refractivity contribution is 7.08. The number of likely N-dealkylation sites (tertiary alicyclic amines) is 2. The Labute approximate surface area is 199 Å². The van der Waals surface area contributed by atoms with Crippen LogP contribution in [0, 0.1) is 5.41 Å². The average molecular weight is 495 g/mol. The Balaban J connectivity index is 1.22. The van der Waals surface area contributed by atoms with Gasteiger partial charge in [0.05, 0.1) is 0 Å². The van der Waals surface area contributed by atoms with Crippen LogP contribution in [0.4, 0.5) is 13.2 Å². The molecule has 1 aromatic heterocycles. The fourth-order valence-corrected chi connectivity index (χ4v) is 5.00. The third-order valence-corrected chi connectivity index (χ3v) is 7.01. The van der Waals surface area contributed by atoms with Crippen molar-refractivity contribution in [3.8, 4) is 11.5 Å². The molecule has 3 heterocycles. The molecule has 2 fully saturated rings. The van der Waals surface area contributed by atoms with Crippen LogP contribution in [0.25, 0.3) is 6.08 Å². The van der Waals surface area contributed by atoms with E-state index in [1.54, 1.807) is 22.3 Å². The summed E-state index contributed by atoms with van der Waals surface area (Å²) in [6.07, 6.45) is 1.26. The van der Waals surface area contributed by atoms with E-state index >= 15 is 0 Å². The number of carbonyl (C=O) groups excluding carboxylic acids is 2. The van der Waals surface area contributed by atoms with Gasteiger partial charge in [-0.2, -0.15) is 11.3 Å². The molecule has 0 N–H and O–H groups in total. The van der Waals surface area contributed by atoms with E-state index in [1.165, 1.54) is 12.1 Å². The largest absolute Gasteiger partial charge is 0.573 e. The fraction of sp³-hybridized carbons (Fsp3) is 0.417. The summed E-state index contributed by atoms with van der Waals surface area (Å²) in [5.74, 6) is -0.213. The van der Waals surface area contributed by atoms with E-state index in [2.05, 4.69) is 4.74 Å². The molecular weight excluding hydrogens is 469 g/mol. The summed E-state index contributed by atoms with van der Waals surface area (Å²) in [6, 6.07) is 6.91. The zero-order valence-corrected chi connectivity index (χ0v) is 19.2. The number of benzene rings is 1. The second-order valence-corrected chi connectivity index (χ2v) is 9.37. The summed E-state index contributed by atoms with van der Waals surface area (Å²) in [7, 11) is 0. The highest BCUT2D eigenvalue weighted by atomic mass is 32.1. The molecule has 0 aliphatic carbocycles. The van der Waals surface area contributed by atoms with Gasteiger partial charge in [-0.25, -0.2) is 0 Å². The highest BCUT2D eigenvalue weighted by Crippen LogP contribution is 2.40. The zero-order chi connectivity index (χ0) is 24.2. The zero-order valence-electron chi connectivity index (χ0n) is 18.4. The smallest absolute Gasteiger partial charge is 0.484 e. The maximum absolute atomic E-state index is 12.6. The number of rotatable bonds is 6. The van der Waals surface area contributed by atoms with Crippen LogP contribution in [0.15, 0.2) is 47.2 Å². The lowest BCUT2D eigenvalue weighted by molar-refractivity contribution is -0.274. The lowest BCUT2D eigenvalue weighted by Crippen LogP contribution is -2.44. The van der Waals surface area contributed by atoms with Crippen LogP contribution in [-0.4, -0.2) is 60.8 Å². The number of halogens is 3. The van der Waals surface area contributed by atoms with Crippen molar-refractivity contribution in [1.29, 1.82) is 0 Å². The van der Waals surface area contributed by atoms with E-state index in [9.17, 15) is 22.8 Å². The summed E-state index contributed by atoms with van der Waals surface area (Å²) < 4.78 is 46.0. The van der Waals surface area contributed by atoms with Gasteiger partial charge in [0.25, 0.3) is 5.91 Å². The minimum atomic E-state index is -4.76. The van der Waals surface area contributed by atoms with Crippen LogP contribution in [-0.2, 0) is 9.59 Å². The molecule has 2 aromatic rings.